The zero-order valence-corrected chi connectivity index (χ0v) is 16.2. The minimum absolute atomic E-state index is 0.230. The molecule has 2 aliphatic rings. The fourth-order valence-electron chi connectivity index (χ4n) is 3.54. The minimum atomic E-state index is -3.43. The van der Waals surface area contributed by atoms with E-state index in [4.69, 9.17) is 4.74 Å². The highest BCUT2D eigenvalue weighted by molar-refractivity contribution is 7.89. The van der Waals surface area contributed by atoms with E-state index < -0.39 is 22.2 Å². The number of likely N-dealkylation sites (tertiary alicyclic amines) is 1. The summed E-state index contributed by atoms with van der Waals surface area (Å²) in [6.07, 6.45) is 2.66. The Morgan fingerprint density at radius 2 is 1.78 bits per heavy atom. The molecule has 0 spiro atoms. The molecule has 1 atom stereocenters. The zero-order valence-electron chi connectivity index (χ0n) is 15.4. The summed E-state index contributed by atoms with van der Waals surface area (Å²) in [4.78, 5) is 25.8. The van der Waals surface area contributed by atoms with Gasteiger partial charge < -0.3 is 10.1 Å². The Balaban J connectivity index is 1.59. The fraction of sp³-hybridized carbons (Fsp3) is 0.556. The molecule has 1 aromatic carbocycles. The number of benzene rings is 1. The van der Waals surface area contributed by atoms with Crippen LogP contribution in [0.3, 0.4) is 0 Å². The largest absolute Gasteiger partial charge is 0.453 e. The first-order valence-electron chi connectivity index (χ1n) is 9.15. The topological polar surface area (TPSA) is 96.0 Å². The molecule has 0 aliphatic carbocycles. The number of ether oxygens (including phenoxy) is 1. The normalized spacial score (nSPS) is 20.6. The molecular formula is C18H25N3O5S. The number of sulfonamides is 1. The van der Waals surface area contributed by atoms with Crippen LogP contribution in [-0.4, -0.2) is 62.4 Å². The van der Waals surface area contributed by atoms with Gasteiger partial charge in [-0.15, -0.1) is 0 Å². The highest BCUT2D eigenvalue weighted by Crippen LogP contribution is 2.21. The molecule has 2 aliphatic heterocycles. The van der Waals surface area contributed by atoms with E-state index in [-0.39, 0.29) is 17.3 Å². The molecule has 8 nitrogen and oxygen atoms in total. The second-order valence-corrected chi connectivity index (χ2v) is 8.73. The van der Waals surface area contributed by atoms with Gasteiger partial charge in [0.2, 0.25) is 15.9 Å². The van der Waals surface area contributed by atoms with Gasteiger partial charge in [0.15, 0.2) is 0 Å². The quantitative estimate of drug-likeness (QED) is 0.811. The lowest BCUT2D eigenvalue weighted by Crippen LogP contribution is -2.45. The molecule has 0 saturated carbocycles. The molecular weight excluding hydrogens is 370 g/mol. The van der Waals surface area contributed by atoms with E-state index in [0.29, 0.717) is 26.1 Å². The average molecular weight is 395 g/mol. The second kappa shape index (κ2) is 8.26. The molecule has 0 bridgehead atoms. The van der Waals surface area contributed by atoms with Crippen molar-refractivity contribution in [3.63, 3.8) is 0 Å². The van der Waals surface area contributed by atoms with Crippen LogP contribution < -0.4 is 5.32 Å². The maximum absolute atomic E-state index is 12.5. The van der Waals surface area contributed by atoms with Crippen LogP contribution >= 0.6 is 0 Å². The van der Waals surface area contributed by atoms with Crippen LogP contribution in [0.5, 0.6) is 0 Å². The molecule has 1 N–H and O–H groups in total. The van der Waals surface area contributed by atoms with Crippen molar-refractivity contribution in [2.45, 2.75) is 43.2 Å². The van der Waals surface area contributed by atoms with Crippen molar-refractivity contribution in [2.75, 3.05) is 26.7 Å². The SMILES string of the molecule is COC(=O)N1CCCC1C(=O)NCc1ccc(S(=O)(=O)N2CCCC2)cc1. The third-order valence-corrected chi connectivity index (χ3v) is 6.97. The Morgan fingerprint density at radius 3 is 2.41 bits per heavy atom. The van der Waals surface area contributed by atoms with E-state index in [1.807, 2.05) is 0 Å². The molecule has 0 aromatic heterocycles. The van der Waals surface area contributed by atoms with Gasteiger partial charge in [0.1, 0.15) is 6.04 Å². The standard InChI is InChI=1S/C18H25N3O5S/c1-26-18(23)21-12-4-5-16(21)17(22)19-13-14-6-8-15(9-7-14)27(24,25)20-10-2-3-11-20/h6-9,16H,2-5,10-13H2,1H3,(H,19,22). The van der Waals surface area contributed by atoms with Crippen molar-refractivity contribution >= 4 is 22.0 Å². The van der Waals surface area contributed by atoms with Crippen molar-refractivity contribution < 1.29 is 22.7 Å². The number of amides is 2. The van der Waals surface area contributed by atoms with Crippen molar-refractivity contribution in [3.8, 4) is 0 Å². The van der Waals surface area contributed by atoms with Gasteiger partial charge in [-0.1, -0.05) is 12.1 Å². The number of rotatable bonds is 5. The number of nitrogens with zero attached hydrogens (tertiary/aromatic N) is 2. The molecule has 2 amide bonds. The highest BCUT2D eigenvalue weighted by Gasteiger charge is 2.34. The Kier molecular flexibility index (Phi) is 6.01. The lowest BCUT2D eigenvalue weighted by molar-refractivity contribution is -0.125. The first-order chi connectivity index (χ1) is 12.9. The monoisotopic (exact) mass is 395 g/mol. The summed E-state index contributed by atoms with van der Waals surface area (Å²) < 4.78 is 31.3. The van der Waals surface area contributed by atoms with Gasteiger partial charge in [-0.25, -0.2) is 13.2 Å². The summed E-state index contributed by atoms with van der Waals surface area (Å²) in [5.41, 5.74) is 0.798. The van der Waals surface area contributed by atoms with Crippen LogP contribution in [0.1, 0.15) is 31.2 Å². The molecule has 27 heavy (non-hydrogen) atoms. The first kappa shape index (κ1) is 19.6. The number of nitrogens with one attached hydrogen (secondary N) is 1. The Hall–Kier alpha value is -2.13. The average Bonchev–Trinajstić information content (AvgIpc) is 3.37. The van der Waals surface area contributed by atoms with Gasteiger partial charge in [-0.3, -0.25) is 9.69 Å². The first-order valence-corrected chi connectivity index (χ1v) is 10.6. The summed E-state index contributed by atoms with van der Waals surface area (Å²) in [5.74, 6) is -0.230. The molecule has 9 heteroatoms. The van der Waals surface area contributed by atoms with E-state index in [9.17, 15) is 18.0 Å². The van der Waals surface area contributed by atoms with E-state index in [1.165, 1.54) is 16.3 Å². The van der Waals surface area contributed by atoms with E-state index in [2.05, 4.69) is 5.32 Å². The van der Waals surface area contributed by atoms with Crippen LogP contribution in [0.4, 0.5) is 4.79 Å². The van der Waals surface area contributed by atoms with Gasteiger partial charge in [0.05, 0.1) is 12.0 Å². The van der Waals surface area contributed by atoms with Gasteiger partial charge in [0.25, 0.3) is 0 Å². The molecule has 1 aromatic rings. The van der Waals surface area contributed by atoms with Crippen molar-refractivity contribution in [2.24, 2.45) is 0 Å². The van der Waals surface area contributed by atoms with Crippen molar-refractivity contribution in [1.82, 2.24) is 14.5 Å². The molecule has 1 unspecified atom stereocenters. The van der Waals surface area contributed by atoms with Crippen molar-refractivity contribution in [1.29, 1.82) is 0 Å². The van der Waals surface area contributed by atoms with Gasteiger partial charge >= 0.3 is 6.09 Å². The second-order valence-electron chi connectivity index (χ2n) is 6.79. The summed E-state index contributed by atoms with van der Waals surface area (Å²) in [5, 5.41) is 2.81. The van der Waals surface area contributed by atoms with Gasteiger partial charge in [0, 0.05) is 26.2 Å². The number of methoxy groups -OCH3 is 1. The van der Waals surface area contributed by atoms with Gasteiger partial charge in [-0.2, -0.15) is 4.31 Å². The summed E-state index contributed by atoms with van der Waals surface area (Å²) in [6.45, 7) is 1.92. The van der Waals surface area contributed by atoms with E-state index in [0.717, 1.165) is 24.8 Å². The zero-order chi connectivity index (χ0) is 19.4. The van der Waals surface area contributed by atoms with Crippen LogP contribution in [0.2, 0.25) is 0 Å². The number of hydrogen-bond donors (Lipinski definition) is 1. The van der Waals surface area contributed by atoms with E-state index in [1.54, 1.807) is 24.3 Å². The lowest BCUT2D eigenvalue weighted by Gasteiger charge is -2.22. The number of hydrogen-bond acceptors (Lipinski definition) is 5. The molecule has 2 fully saturated rings. The minimum Gasteiger partial charge on any atom is -0.453 e. The lowest BCUT2D eigenvalue weighted by atomic mass is 10.2. The van der Waals surface area contributed by atoms with Crippen LogP contribution in [0.15, 0.2) is 29.2 Å². The number of carbonyl (C=O) groups excluding carboxylic acids is 2. The predicted octanol–water partition coefficient (Wildman–Crippen LogP) is 1.32. The van der Waals surface area contributed by atoms with E-state index >= 15 is 0 Å². The Morgan fingerprint density at radius 1 is 1.11 bits per heavy atom. The predicted molar refractivity (Wildman–Crippen MR) is 98.4 cm³/mol. The maximum Gasteiger partial charge on any atom is 0.410 e. The van der Waals surface area contributed by atoms with Gasteiger partial charge in [-0.05, 0) is 43.4 Å². The van der Waals surface area contributed by atoms with Crippen molar-refractivity contribution in [3.05, 3.63) is 29.8 Å². The summed E-state index contributed by atoms with van der Waals surface area (Å²) in [6, 6.07) is 6.04. The third kappa shape index (κ3) is 4.24. The Bertz CT molecular complexity index is 788. The Labute approximate surface area is 159 Å². The molecule has 3 rings (SSSR count). The molecule has 2 heterocycles. The molecule has 0 radical (unpaired) electrons. The summed E-state index contributed by atoms with van der Waals surface area (Å²) in [7, 11) is -2.13. The smallest absolute Gasteiger partial charge is 0.410 e. The van der Waals surface area contributed by atoms with Crippen LogP contribution in [-0.2, 0) is 26.1 Å². The van der Waals surface area contributed by atoms with Crippen LogP contribution in [0, 0.1) is 0 Å². The number of carbonyl (C=O) groups is 2. The summed E-state index contributed by atoms with van der Waals surface area (Å²) >= 11 is 0. The molecule has 148 valence electrons. The third-order valence-electron chi connectivity index (χ3n) is 5.06. The van der Waals surface area contributed by atoms with Crippen LogP contribution in [0.25, 0.3) is 0 Å². The molecule has 2 saturated heterocycles. The highest BCUT2D eigenvalue weighted by atomic mass is 32.2. The fourth-order valence-corrected chi connectivity index (χ4v) is 5.06. The maximum atomic E-state index is 12.5.